The van der Waals surface area contributed by atoms with Crippen LogP contribution in [0.15, 0.2) is 66.7 Å². The first-order chi connectivity index (χ1) is 16.1. The van der Waals surface area contributed by atoms with Crippen molar-refractivity contribution in [2.45, 2.75) is 31.0 Å². The van der Waals surface area contributed by atoms with E-state index in [1.807, 2.05) is 66.7 Å². The van der Waals surface area contributed by atoms with Crippen LogP contribution in [0, 0.1) is 0 Å². The second-order valence-electron chi connectivity index (χ2n) is 8.84. The molecule has 4 amide bonds. The number of nitrogens with zero attached hydrogens (tertiary/aromatic N) is 3. The van der Waals surface area contributed by atoms with Crippen LogP contribution in [0.5, 0.6) is 5.75 Å². The van der Waals surface area contributed by atoms with Gasteiger partial charge in [0.15, 0.2) is 0 Å². The summed E-state index contributed by atoms with van der Waals surface area (Å²) in [7, 11) is 1.60. The number of rotatable bonds is 4. The fourth-order valence-electron chi connectivity index (χ4n) is 5.63. The first-order valence-electron chi connectivity index (χ1n) is 11.1. The summed E-state index contributed by atoms with van der Waals surface area (Å²) in [4.78, 5) is 44.9. The van der Waals surface area contributed by atoms with Gasteiger partial charge in [0, 0.05) is 11.9 Å². The number of benzene rings is 3. The van der Waals surface area contributed by atoms with E-state index in [0.29, 0.717) is 24.4 Å². The summed E-state index contributed by atoms with van der Waals surface area (Å²) in [6, 6.07) is 19.5. The van der Waals surface area contributed by atoms with E-state index in [2.05, 4.69) is 0 Å². The molecule has 0 saturated carbocycles. The Labute approximate surface area is 191 Å². The Morgan fingerprint density at radius 3 is 2.67 bits per heavy atom. The van der Waals surface area contributed by atoms with Gasteiger partial charge in [-0.2, -0.15) is 0 Å². The Hall–Kier alpha value is -3.87. The average Bonchev–Trinajstić information content (AvgIpc) is 3.50. The normalized spacial score (nSPS) is 23.5. The standard InChI is InChI=1S/C26H23N3O4/c1-33-19-9-4-6-16(12-19)13-23(30)27-15-18-14-22(27)24-25(31)29(26(32)28(18)24)21-11-5-8-17-7-2-3-10-20(17)21/h2-12,18,22,24H,13-15H2,1H3/t18?,22?,24-/m1/s1. The van der Waals surface area contributed by atoms with Crippen molar-refractivity contribution < 1.29 is 19.1 Å². The molecule has 7 heteroatoms. The van der Waals surface area contributed by atoms with Crippen molar-refractivity contribution in [3.8, 4) is 5.75 Å². The number of urea groups is 1. The second kappa shape index (κ2) is 7.33. The number of carbonyl (C=O) groups is 3. The van der Waals surface area contributed by atoms with Gasteiger partial charge in [0.2, 0.25) is 5.91 Å². The molecule has 0 aromatic heterocycles. The largest absolute Gasteiger partial charge is 0.497 e. The number of methoxy groups -OCH3 is 1. The minimum Gasteiger partial charge on any atom is -0.497 e. The molecule has 3 aliphatic heterocycles. The maximum atomic E-state index is 13.6. The molecule has 7 nitrogen and oxygen atoms in total. The van der Waals surface area contributed by atoms with E-state index in [0.717, 1.165) is 16.3 Å². The number of ether oxygens (including phenoxy) is 1. The maximum absolute atomic E-state index is 13.6. The molecule has 2 unspecified atom stereocenters. The van der Waals surface area contributed by atoms with Crippen LogP contribution in [-0.2, 0) is 16.0 Å². The lowest BCUT2D eigenvalue weighted by atomic mass is 10.1. The third kappa shape index (κ3) is 2.92. The molecule has 2 bridgehead atoms. The van der Waals surface area contributed by atoms with Crippen molar-refractivity contribution in [1.29, 1.82) is 0 Å². The van der Waals surface area contributed by atoms with E-state index >= 15 is 0 Å². The van der Waals surface area contributed by atoms with Crippen molar-refractivity contribution >= 4 is 34.3 Å². The molecule has 33 heavy (non-hydrogen) atoms. The smallest absolute Gasteiger partial charge is 0.332 e. The molecule has 3 aromatic rings. The summed E-state index contributed by atoms with van der Waals surface area (Å²) >= 11 is 0. The van der Waals surface area contributed by atoms with E-state index in [-0.39, 0.29) is 36.3 Å². The van der Waals surface area contributed by atoms with Gasteiger partial charge in [0.05, 0.1) is 31.3 Å². The Balaban J connectivity index is 1.28. The fraction of sp³-hybridized carbons (Fsp3) is 0.269. The molecule has 166 valence electrons. The molecular formula is C26H23N3O4. The Kier molecular flexibility index (Phi) is 4.40. The number of carbonyl (C=O) groups excluding carboxylic acids is 3. The highest BCUT2D eigenvalue weighted by Crippen LogP contribution is 2.43. The lowest BCUT2D eigenvalue weighted by Gasteiger charge is -2.35. The number of anilines is 1. The maximum Gasteiger partial charge on any atom is 0.332 e. The summed E-state index contributed by atoms with van der Waals surface area (Å²) < 4.78 is 5.26. The number of amides is 4. The van der Waals surface area contributed by atoms with Gasteiger partial charge in [0.25, 0.3) is 5.91 Å². The molecule has 3 heterocycles. The van der Waals surface area contributed by atoms with Crippen molar-refractivity contribution in [2.24, 2.45) is 0 Å². The Morgan fingerprint density at radius 1 is 1.03 bits per heavy atom. The second-order valence-corrected chi connectivity index (χ2v) is 8.84. The van der Waals surface area contributed by atoms with Gasteiger partial charge in [-0.25, -0.2) is 9.69 Å². The molecule has 3 aromatic carbocycles. The number of imide groups is 1. The zero-order valence-corrected chi connectivity index (χ0v) is 18.2. The fourth-order valence-corrected chi connectivity index (χ4v) is 5.63. The summed E-state index contributed by atoms with van der Waals surface area (Å²) in [5, 5.41) is 1.84. The van der Waals surface area contributed by atoms with Crippen molar-refractivity contribution in [1.82, 2.24) is 9.80 Å². The predicted octanol–water partition coefficient (Wildman–Crippen LogP) is 3.21. The molecule has 3 atom stereocenters. The topological polar surface area (TPSA) is 70.2 Å². The number of hydrogen-bond donors (Lipinski definition) is 0. The van der Waals surface area contributed by atoms with Crippen molar-refractivity contribution in [2.75, 3.05) is 18.6 Å². The lowest BCUT2D eigenvalue weighted by Crippen LogP contribution is -2.55. The van der Waals surface area contributed by atoms with E-state index in [1.54, 1.807) is 16.9 Å². The molecule has 3 aliphatic rings. The molecule has 3 saturated heterocycles. The first-order valence-corrected chi connectivity index (χ1v) is 11.1. The van der Waals surface area contributed by atoms with Gasteiger partial charge in [-0.05, 0) is 35.6 Å². The van der Waals surface area contributed by atoms with Gasteiger partial charge in [0.1, 0.15) is 11.8 Å². The lowest BCUT2D eigenvalue weighted by molar-refractivity contribution is -0.135. The SMILES string of the molecule is COc1cccc(CC(=O)N2CC3CC2[C@@H]2C(=O)N(c4cccc5ccccc45)C(=O)N32)c1. The number of fused-ring (bicyclic) bond motifs is 6. The van der Waals surface area contributed by atoms with E-state index in [1.165, 1.54) is 4.90 Å². The van der Waals surface area contributed by atoms with Crippen LogP contribution >= 0.6 is 0 Å². The van der Waals surface area contributed by atoms with Crippen LogP contribution in [0.3, 0.4) is 0 Å². The highest BCUT2D eigenvalue weighted by atomic mass is 16.5. The van der Waals surface area contributed by atoms with Crippen molar-refractivity contribution in [3.63, 3.8) is 0 Å². The van der Waals surface area contributed by atoms with Crippen LogP contribution in [0.1, 0.15) is 12.0 Å². The van der Waals surface area contributed by atoms with Gasteiger partial charge < -0.3 is 14.5 Å². The van der Waals surface area contributed by atoms with Crippen molar-refractivity contribution in [3.05, 3.63) is 72.3 Å². The summed E-state index contributed by atoms with van der Waals surface area (Å²) in [5.74, 6) is 0.429. The predicted molar refractivity (Wildman–Crippen MR) is 123 cm³/mol. The van der Waals surface area contributed by atoms with E-state index in [9.17, 15) is 14.4 Å². The first kappa shape index (κ1) is 19.8. The molecule has 0 aliphatic carbocycles. The Morgan fingerprint density at radius 2 is 1.82 bits per heavy atom. The Bertz CT molecular complexity index is 1300. The van der Waals surface area contributed by atoms with Crippen LogP contribution < -0.4 is 9.64 Å². The van der Waals surface area contributed by atoms with Gasteiger partial charge in [-0.15, -0.1) is 0 Å². The highest BCUT2D eigenvalue weighted by Gasteiger charge is 2.62. The van der Waals surface area contributed by atoms with Crippen LogP contribution in [0.25, 0.3) is 10.8 Å². The summed E-state index contributed by atoms with van der Waals surface area (Å²) in [6.45, 7) is 0.465. The van der Waals surface area contributed by atoms with Gasteiger partial charge in [-0.3, -0.25) is 9.59 Å². The summed E-state index contributed by atoms with van der Waals surface area (Å²) in [5.41, 5.74) is 1.47. The molecule has 0 N–H and O–H groups in total. The number of likely N-dealkylation sites (tertiary alicyclic amines) is 1. The average molecular weight is 441 g/mol. The quantitative estimate of drug-likeness (QED) is 0.583. The van der Waals surface area contributed by atoms with Gasteiger partial charge in [-0.1, -0.05) is 48.5 Å². The minimum atomic E-state index is -0.621. The number of hydrogen-bond acceptors (Lipinski definition) is 4. The molecular weight excluding hydrogens is 418 g/mol. The van der Waals surface area contributed by atoms with E-state index in [4.69, 9.17) is 4.74 Å². The highest BCUT2D eigenvalue weighted by molar-refractivity contribution is 6.25. The molecule has 0 spiro atoms. The third-order valence-electron chi connectivity index (χ3n) is 7.08. The molecule has 3 fully saturated rings. The van der Waals surface area contributed by atoms with E-state index < -0.39 is 6.04 Å². The van der Waals surface area contributed by atoms with Crippen LogP contribution in [-0.4, -0.2) is 59.4 Å². The molecule has 0 radical (unpaired) electrons. The molecule has 6 rings (SSSR count). The number of piperazine rings is 1. The van der Waals surface area contributed by atoms with Crippen LogP contribution in [0.2, 0.25) is 0 Å². The summed E-state index contributed by atoms with van der Waals surface area (Å²) in [6.07, 6.45) is 0.887. The van der Waals surface area contributed by atoms with Gasteiger partial charge >= 0.3 is 6.03 Å². The third-order valence-corrected chi connectivity index (χ3v) is 7.08. The zero-order chi connectivity index (χ0) is 22.7. The minimum absolute atomic E-state index is 0.0285. The zero-order valence-electron chi connectivity index (χ0n) is 18.2. The monoisotopic (exact) mass is 441 g/mol. The van der Waals surface area contributed by atoms with Crippen LogP contribution in [0.4, 0.5) is 10.5 Å².